The summed E-state index contributed by atoms with van der Waals surface area (Å²) in [6, 6.07) is 1.70. The summed E-state index contributed by atoms with van der Waals surface area (Å²) in [5.74, 6) is 3.93. The number of hydrogen-bond acceptors (Lipinski definition) is 6. The zero-order chi connectivity index (χ0) is 24.5. The molecule has 190 valence electrons. The number of aliphatic hydroxyl groups is 1. The molecule has 4 fully saturated rings. The van der Waals surface area contributed by atoms with Gasteiger partial charge >= 0.3 is 5.69 Å². The molecular weight excluding hydrogens is 444 g/mol. The molecule has 2 aromatic rings. The van der Waals surface area contributed by atoms with Gasteiger partial charge < -0.3 is 5.11 Å². The number of tetrazole rings is 1. The fourth-order valence-corrected chi connectivity index (χ4v) is 8.90. The average molecular weight is 483 g/mol. The number of hydrogen-bond donors (Lipinski definition) is 1. The van der Waals surface area contributed by atoms with Crippen molar-refractivity contribution < 1.29 is 9.90 Å². The number of ketones is 1. The number of nitrogens with zero attached hydrogens (tertiary/aromatic N) is 6. The van der Waals surface area contributed by atoms with Crippen molar-refractivity contribution in [1.82, 2.24) is 29.6 Å². The molecule has 0 bridgehead atoms. The van der Waals surface area contributed by atoms with Crippen LogP contribution in [0.3, 0.4) is 0 Å². The SMILES string of the molecule is Cn1ccc(-n2nnn(CC(=O)[C@H]3CC[C@H]4[C@@H]5CC[C@@H]6C[C@](C)(O)CC[C@@H]6[C@H]5CC[C@]34C)c2=O)n1. The smallest absolute Gasteiger partial charge is 0.370 e. The van der Waals surface area contributed by atoms with E-state index < -0.39 is 11.3 Å². The molecule has 0 spiro atoms. The zero-order valence-electron chi connectivity index (χ0n) is 21.1. The van der Waals surface area contributed by atoms with Gasteiger partial charge in [0.1, 0.15) is 6.54 Å². The number of Topliss-reactive ketones (excluding diaryl/α,β-unsaturated/α-hetero) is 1. The summed E-state index contributed by atoms with van der Waals surface area (Å²) < 4.78 is 3.95. The monoisotopic (exact) mass is 482 g/mol. The highest BCUT2D eigenvalue weighted by Crippen LogP contribution is 2.64. The van der Waals surface area contributed by atoms with E-state index in [1.807, 2.05) is 6.92 Å². The highest BCUT2D eigenvalue weighted by molar-refractivity contribution is 5.82. The number of aromatic nitrogens is 6. The summed E-state index contributed by atoms with van der Waals surface area (Å²) in [4.78, 5) is 26.4. The Morgan fingerprint density at radius 2 is 1.86 bits per heavy atom. The predicted octanol–water partition coefficient (Wildman–Crippen LogP) is 2.75. The van der Waals surface area contributed by atoms with E-state index >= 15 is 0 Å². The van der Waals surface area contributed by atoms with Crippen LogP contribution in [0.25, 0.3) is 5.82 Å². The van der Waals surface area contributed by atoms with Crippen LogP contribution >= 0.6 is 0 Å². The third kappa shape index (κ3) is 3.72. The van der Waals surface area contributed by atoms with Gasteiger partial charge in [0.2, 0.25) is 0 Å². The van der Waals surface area contributed by atoms with Gasteiger partial charge in [-0.05, 0) is 110 Å². The topological polar surface area (TPSA) is 108 Å². The van der Waals surface area contributed by atoms with E-state index in [0.29, 0.717) is 23.6 Å². The molecule has 0 aromatic carbocycles. The summed E-state index contributed by atoms with van der Waals surface area (Å²) >= 11 is 0. The molecule has 4 saturated carbocycles. The lowest BCUT2D eigenvalue weighted by Gasteiger charge is -2.56. The van der Waals surface area contributed by atoms with E-state index in [4.69, 9.17) is 0 Å². The number of fused-ring (bicyclic) bond motifs is 5. The highest BCUT2D eigenvalue weighted by atomic mass is 16.3. The van der Waals surface area contributed by atoms with E-state index in [-0.39, 0.29) is 23.7 Å². The molecular formula is C26H38N6O3. The average Bonchev–Trinajstić information content (AvgIpc) is 3.49. The molecule has 0 amide bonds. The van der Waals surface area contributed by atoms with Crippen molar-refractivity contribution in [3.63, 3.8) is 0 Å². The molecule has 0 radical (unpaired) electrons. The summed E-state index contributed by atoms with van der Waals surface area (Å²) in [7, 11) is 1.78. The Hall–Kier alpha value is -2.29. The first-order chi connectivity index (χ1) is 16.7. The van der Waals surface area contributed by atoms with Gasteiger partial charge in [-0.1, -0.05) is 6.92 Å². The second kappa shape index (κ2) is 8.11. The third-order valence-corrected chi connectivity index (χ3v) is 10.5. The molecule has 0 unspecified atom stereocenters. The van der Waals surface area contributed by atoms with Crippen LogP contribution in [0.15, 0.2) is 17.1 Å². The van der Waals surface area contributed by atoms with Crippen LogP contribution in [0.4, 0.5) is 0 Å². The summed E-state index contributed by atoms with van der Waals surface area (Å²) in [6.45, 7) is 4.34. The molecule has 9 heteroatoms. The maximum atomic E-state index is 13.6. The van der Waals surface area contributed by atoms with E-state index in [0.717, 1.165) is 55.0 Å². The molecule has 4 aliphatic rings. The maximum absolute atomic E-state index is 13.6. The number of carbonyl (C=O) groups excluding carboxylic acids is 1. The quantitative estimate of drug-likeness (QED) is 0.718. The van der Waals surface area contributed by atoms with Crippen LogP contribution in [0.5, 0.6) is 0 Å². The first kappa shape index (κ1) is 23.1. The Bertz CT molecular complexity index is 1180. The fourth-order valence-electron chi connectivity index (χ4n) is 8.90. The van der Waals surface area contributed by atoms with Gasteiger partial charge in [0, 0.05) is 25.2 Å². The Morgan fingerprint density at radius 1 is 1.06 bits per heavy atom. The normalized spacial score (nSPS) is 40.7. The summed E-state index contributed by atoms with van der Waals surface area (Å²) in [6.07, 6.45) is 11.5. The van der Waals surface area contributed by atoms with E-state index in [1.54, 1.807) is 24.0 Å². The lowest BCUT2D eigenvalue weighted by atomic mass is 9.49. The van der Waals surface area contributed by atoms with Crippen molar-refractivity contribution in [1.29, 1.82) is 0 Å². The van der Waals surface area contributed by atoms with Gasteiger partial charge in [-0.15, -0.1) is 4.68 Å². The lowest BCUT2D eigenvalue weighted by Crippen LogP contribution is -2.51. The van der Waals surface area contributed by atoms with Crippen LogP contribution in [-0.2, 0) is 18.4 Å². The Kier molecular flexibility index (Phi) is 5.36. The van der Waals surface area contributed by atoms with Crippen LogP contribution < -0.4 is 5.69 Å². The molecule has 6 rings (SSSR count). The van der Waals surface area contributed by atoms with Crippen LogP contribution in [0.1, 0.15) is 71.6 Å². The molecule has 1 N–H and O–H groups in total. The van der Waals surface area contributed by atoms with E-state index in [2.05, 4.69) is 22.4 Å². The first-order valence-electron chi connectivity index (χ1n) is 13.4. The Labute approximate surface area is 205 Å². The van der Waals surface area contributed by atoms with Gasteiger partial charge in [-0.2, -0.15) is 9.78 Å². The molecule has 0 saturated heterocycles. The molecule has 4 aliphatic carbocycles. The van der Waals surface area contributed by atoms with Crippen LogP contribution in [-0.4, -0.2) is 46.1 Å². The minimum atomic E-state index is -0.488. The van der Waals surface area contributed by atoms with Crippen molar-refractivity contribution in [3.05, 3.63) is 22.7 Å². The van der Waals surface area contributed by atoms with Gasteiger partial charge in [0.25, 0.3) is 0 Å². The largest absolute Gasteiger partial charge is 0.390 e. The third-order valence-electron chi connectivity index (χ3n) is 10.5. The standard InChI is InChI=1S/C26H38N6O3/c1-25(35)11-8-17-16(14-25)4-5-19-18(17)9-12-26(2)20(19)6-7-21(26)22(33)15-31-24(34)32(29-28-31)23-10-13-30(3)27-23/h10,13,16-21,35H,4-9,11-12,14-15H2,1-3H3/t16-,17+,18-,19-,20+,21-,25-,26+/m1/s1. The molecule has 9 nitrogen and oxygen atoms in total. The molecule has 8 atom stereocenters. The van der Waals surface area contributed by atoms with Crippen molar-refractivity contribution >= 4 is 5.78 Å². The van der Waals surface area contributed by atoms with E-state index in [9.17, 15) is 14.7 Å². The van der Waals surface area contributed by atoms with Gasteiger partial charge in [0.15, 0.2) is 11.6 Å². The van der Waals surface area contributed by atoms with Crippen LogP contribution in [0.2, 0.25) is 0 Å². The van der Waals surface area contributed by atoms with Crippen molar-refractivity contribution in [2.75, 3.05) is 0 Å². The first-order valence-corrected chi connectivity index (χ1v) is 13.4. The highest BCUT2D eigenvalue weighted by Gasteiger charge is 2.58. The lowest BCUT2D eigenvalue weighted by molar-refractivity contribution is -0.133. The van der Waals surface area contributed by atoms with Crippen molar-refractivity contribution in [2.24, 2.45) is 48.0 Å². The van der Waals surface area contributed by atoms with Gasteiger partial charge in [-0.25, -0.2) is 4.79 Å². The molecule has 2 aromatic heterocycles. The Morgan fingerprint density at radius 3 is 2.63 bits per heavy atom. The molecule has 35 heavy (non-hydrogen) atoms. The predicted molar refractivity (Wildman–Crippen MR) is 129 cm³/mol. The maximum Gasteiger partial charge on any atom is 0.370 e. The van der Waals surface area contributed by atoms with Crippen molar-refractivity contribution in [2.45, 2.75) is 83.8 Å². The number of carbonyl (C=O) groups is 1. The molecule has 2 heterocycles. The second-order valence-corrected chi connectivity index (χ2v) is 12.5. The van der Waals surface area contributed by atoms with Crippen LogP contribution in [0, 0.1) is 40.9 Å². The van der Waals surface area contributed by atoms with E-state index in [1.165, 1.54) is 23.9 Å². The minimum Gasteiger partial charge on any atom is -0.390 e. The number of rotatable bonds is 4. The summed E-state index contributed by atoms with van der Waals surface area (Å²) in [5.41, 5.74) is -0.906. The van der Waals surface area contributed by atoms with Crippen molar-refractivity contribution in [3.8, 4) is 5.82 Å². The zero-order valence-corrected chi connectivity index (χ0v) is 21.1. The summed E-state index contributed by atoms with van der Waals surface area (Å²) in [5, 5.41) is 22.8. The Balaban J connectivity index is 1.17. The fraction of sp³-hybridized carbons (Fsp3) is 0.808. The minimum absolute atomic E-state index is 0.00579. The number of aryl methyl sites for hydroxylation is 1. The second-order valence-electron chi connectivity index (χ2n) is 12.5. The van der Waals surface area contributed by atoms with Gasteiger partial charge in [-0.3, -0.25) is 9.48 Å². The van der Waals surface area contributed by atoms with Gasteiger partial charge in [0.05, 0.1) is 5.60 Å². The molecule has 0 aliphatic heterocycles.